The fourth-order valence-corrected chi connectivity index (χ4v) is 2.55. The minimum Gasteiger partial charge on any atom is -0.336 e. The SMILES string of the molecule is C=CCN1CCCN(C(=O)c2nn(C)cc2Cl)CC1. The summed E-state index contributed by atoms with van der Waals surface area (Å²) >= 11 is 6.02. The normalized spacial score (nSPS) is 17.3. The quantitative estimate of drug-likeness (QED) is 0.787. The maximum Gasteiger partial charge on any atom is 0.275 e. The highest BCUT2D eigenvalue weighted by molar-refractivity contribution is 6.33. The van der Waals surface area contributed by atoms with Crippen molar-refractivity contribution < 1.29 is 4.79 Å². The molecule has 1 aliphatic heterocycles. The Balaban J connectivity index is 2.04. The van der Waals surface area contributed by atoms with Gasteiger partial charge in [0.1, 0.15) is 0 Å². The molecule has 1 aliphatic rings. The predicted molar refractivity (Wildman–Crippen MR) is 75.4 cm³/mol. The lowest BCUT2D eigenvalue weighted by atomic mass is 10.3. The van der Waals surface area contributed by atoms with Crippen LogP contribution in [0, 0.1) is 0 Å². The number of amides is 1. The van der Waals surface area contributed by atoms with Crippen molar-refractivity contribution in [2.75, 3.05) is 32.7 Å². The van der Waals surface area contributed by atoms with E-state index in [-0.39, 0.29) is 5.91 Å². The van der Waals surface area contributed by atoms with Crippen molar-refractivity contribution in [1.29, 1.82) is 0 Å². The van der Waals surface area contributed by atoms with Crippen molar-refractivity contribution in [2.45, 2.75) is 6.42 Å². The number of nitrogens with zero attached hydrogens (tertiary/aromatic N) is 4. The molecule has 19 heavy (non-hydrogen) atoms. The third kappa shape index (κ3) is 3.36. The molecule has 0 atom stereocenters. The van der Waals surface area contributed by atoms with Gasteiger partial charge >= 0.3 is 0 Å². The van der Waals surface area contributed by atoms with Crippen molar-refractivity contribution in [1.82, 2.24) is 19.6 Å². The molecule has 1 aromatic heterocycles. The second-order valence-corrected chi connectivity index (χ2v) is 5.14. The van der Waals surface area contributed by atoms with Crippen molar-refractivity contribution in [2.24, 2.45) is 7.05 Å². The number of halogens is 1. The summed E-state index contributed by atoms with van der Waals surface area (Å²) in [4.78, 5) is 16.5. The van der Waals surface area contributed by atoms with Crippen LogP contribution in [0.3, 0.4) is 0 Å². The first kappa shape index (κ1) is 14.1. The van der Waals surface area contributed by atoms with Gasteiger partial charge in [-0.2, -0.15) is 5.10 Å². The van der Waals surface area contributed by atoms with Gasteiger partial charge in [-0.3, -0.25) is 14.4 Å². The van der Waals surface area contributed by atoms with E-state index < -0.39 is 0 Å². The zero-order valence-electron chi connectivity index (χ0n) is 11.2. The molecule has 0 unspecified atom stereocenters. The lowest BCUT2D eigenvalue weighted by Gasteiger charge is -2.20. The van der Waals surface area contributed by atoms with Crippen LogP contribution in [-0.4, -0.2) is 58.2 Å². The Morgan fingerprint density at radius 1 is 1.47 bits per heavy atom. The van der Waals surface area contributed by atoms with Crippen molar-refractivity contribution >= 4 is 17.5 Å². The average molecular weight is 283 g/mol. The first-order valence-corrected chi connectivity index (χ1v) is 6.81. The van der Waals surface area contributed by atoms with Gasteiger partial charge in [0.15, 0.2) is 5.69 Å². The third-order valence-electron chi connectivity index (χ3n) is 3.25. The van der Waals surface area contributed by atoms with Crippen LogP contribution in [0.25, 0.3) is 0 Å². The van der Waals surface area contributed by atoms with Crippen LogP contribution in [0.15, 0.2) is 18.9 Å². The molecule has 2 rings (SSSR count). The van der Waals surface area contributed by atoms with Crippen LogP contribution in [0.5, 0.6) is 0 Å². The molecule has 0 saturated carbocycles. The predicted octanol–water partition coefficient (Wildman–Crippen LogP) is 1.41. The molecule has 0 bridgehead atoms. The Labute approximate surface area is 118 Å². The molecule has 0 aliphatic carbocycles. The number of aryl methyl sites for hydroxylation is 1. The first-order valence-electron chi connectivity index (χ1n) is 6.43. The molecule has 1 saturated heterocycles. The Hall–Kier alpha value is -1.33. The van der Waals surface area contributed by atoms with Gasteiger partial charge in [0, 0.05) is 46.0 Å². The van der Waals surface area contributed by atoms with Gasteiger partial charge in [0.25, 0.3) is 5.91 Å². The minimum atomic E-state index is -0.0777. The number of hydrogen-bond acceptors (Lipinski definition) is 3. The molecule has 104 valence electrons. The van der Waals surface area contributed by atoms with E-state index in [1.165, 1.54) is 0 Å². The Kier molecular flexibility index (Phi) is 4.61. The van der Waals surface area contributed by atoms with E-state index in [1.807, 2.05) is 11.0 Å². The molecular formula is C13H19ClN4O. The van der Waals surface area contributed by atoms with Crippen molar-refractivity contribution in [3.8, 4) is 0 Å². The van der Waals surface area contributed by atoms with Crippen LogP contribution in [0.2, 0.25) is 5.02 Å². The van der Waals surface area contributed by atoms with Gasteiger partial charge < -0.3 is 4.90 Å². The second kappa shape index (κ2) is 6.21. The van der Waals surface area contributed by atoms with Crippen LogP contribution in [-0.2, 0) is 7.05 Å². The number of carbonyl (C=O) groups excluding carboxylic acids is 1. The Morgan fingerprint density at radius 2 is 2.26 bits per heavy atom. The molecule has 1 aromatic rings. The van der Waals surface area contributed by atoms with Crippen molar-refractivity contribution in [3.05, 3.63) is 29.6 Å². The monoisotopic (exact) mass is 282 g/mol. The summed E-state index contributed by atoms with van der Waals surface area (Å²) in [5.41, 5.74) is 0.348. The molecule has 0 aromatic carbocycles. The van der Waals surface area contributed by atoms with E-state index in [9.17, 15) is 4.79 Å². The minimum absolute atomic E-state index is 0.0777. The van der Waals surface area contributed by atoms with E-state index in [4.69, 9.17) is 11.6 Å². The molecule has 0 radical (unpaired) electrons. The zero-order chi connectivity index (χ0) is 13.8. The maximum atomic E-state index is 12.4. The molecule has 1 amide bonds. The third-order valence-corrected chi connectivity index (χ3v) is 3.53. The van der Waals surface area contributed by atoms with E-state index in [1.54, 1.807) is 17.9 Å². The fourth-order valence-electron chi connectivity index (χ4n) is 2.29. The highest BCUT2D eigenvalue weighted by Crippen LogP contribution is 2.16. The summed E-state index contributed by atoms with van der Waals surface area (Å²) in [6, 6.07) is 0. The lowest BCUT2D eigenvalue weighted by Crippen LogP contribution is -2.35. The average Bonchev–Trinajstić information content (AvgIpc) is 2.59. The van der Waals surface area contributed by atoms with E-state index >= 15 is 0 Å². The van der Waals surface area contributed by atoms with Crippen LogP contribution < -0.4 is 0 Å². The van der Waals surface area contributed by atoms with E-state index in [2.05, 4.69) is 16.6 Å². The number of rotatable bonds is 3. The highest BCUT2D eigenvalue weighted by atomic mass is 35.5. The van der Waals surface area contributed by atoms with Gasteiger partial charge in [-0.05, 0) is 6.42 Å². The van der Waals surface area contributed by atoms with Crippen LogP contribution in [0.4, 0.5) is 0 Å². The summed E-state index contributed by atoms with van der Waals surface area (Å²) in [6.45, 7) is 7.93. The standard InChI is InChI=1S/C13H19ClN4O/c1-3-5-17-6-4-7-18(9-8-17)13(19)12-11(14)10-16(2)15-12/h3,10H,1,4-9H2,2H3. The summed E-state index contributed by atoms with van der Waals surface area (Å²) in [7, 11) is 1.76. The first-order chi connectivity index (χ1) is 9.11. The van der Waals surface area contributed by atoms with E-state index in [0.29, 0.717) is 17.3 Å². The maximum absolute atomic E-state index is 12.4. The number of carbonyl (C=O) groups is 1. The Bertz CT molecular complexity index is 471. The molecule has 2 heterocycles. The topological polar surface area (TPSA) is 41.4 Å². The van der Waals surface area contributed by atoms with Crippen LogP contribution in [0.1, 0.15) is 16.9 Å². The van der Waals surface area contributed by atoms with Gasteiger partial charge in [0.05, 0.1) is 5.02 Å². The highest BCUT2D eigenvalue weighted by Gasteiger charge is 2.23. The number of aromatic nitrogens is 2. The molecule has 0 N–H and O–H groups in total. The second-order valence-electron chi connectivity index (χ2n) is 4.73. The van der Waals surface area contributed by atoms with Crippen molar-refractivity contribution in [3.63, 3.8) is 0 Å². The smallest absolute Gasteiger partial charge is 0.275 e. The fraction of sp³-hybridized carbons (Fsp3) is 0.538. The largest absolute Gasteiger partial charge is 0.336 e. The van der Waals surface area contributed by atoms with Crippen LogP contribution >= 0.6 is 11.6 Å². The lowest BCUT2D eigenvalue weighted by molar-refractivity contribution is 0.0755. The van der Waals surface area contributed by atoms with E-state index in [0.717, 1.165) is 32.6 Å². The summed E-state index contributed by atoms with van der Waals surface area (Å²) in [5, 5.41) is 4.55. The van der Waals surface area contributed by atoms with Gasteiger partial charge in [0.2, 0.25) is 0 Å². The summed E-state index contributed by atoms with van der Waals surface area (Å²) < 4.78 is 1.57. The van der Waals surface area contributed by atoms with Gasteiger partial charge in [-0.25, -0.2) is 0 Å². The zero-order valence-corrected chi connectivity index (χ0v) is 11.9. The molecule has 0 spiro atoms. The molecule has 1 fully saturated rings. The molecule has 5 nitrogen and oxygen atoms in total. The Morgan fingerprint density at radius 3 is 2.89 bits per heavy atom. The molecular weight excluding hydrogens is 264 g/mol. The van der Waals surface area contributed by atoms with Gasteiger partial charge in [-0.1, -0.05) is 17.7 Å². The summed E-state index contributed by atoms with van der Waals surface area (Å²) in [6.07, 6.45) is 4.51. The van der Waals surface area contributed by atoms with Gasteiger partial charge in [-0.15, -0.1) is 6.58 Å². The molecule has 6 heteroatoms. The summed E-state index contributed by atoms with van der Waals surface area (Å²) in [5.74, 6) is -0.0777. The number of hydrogen-bond donors (Lipinski definition) is 0.